The molecule has 1 aliphatic heterocycles. The number of hydrogen-bond donors (Lipinski definition) is 1. The van der Waals surface area contributed by atoms with Crippen molar-refractivity contribution in [2.75, 3.05) is 31.9 Å². The highest BCUT2D eigenvalue weighted by molar-refractivity contribution is 7.85. The average Bonchev–Trinajstić information content (AvgIpc) is 2.83. The van der Waals surface area contributed by atoms with Gasteiger partial charge in [-0.05, 0) is 25.3 Å². The second-order valence-corrected chi connectivity index (χ2v) is 5.98. The van der Waals surface area contributed by atoms with Crippen molar-refractivity contribution in [3.63, 3.8) is 0 Å². The minimum atomic E-state index is -0.535. The fourth-order valence-electron chi connectivity index (χ4n) is 1.73. The van der Waals surface area contributed by atoms with E-state index in [0.29, 0.717) is 11.2 Å². The Morgan fingerprint density at radius 1 is 1.38 bits per heavy atom. The van der Waals surface area contributed by atoms with Gasteiger partial charge in [-0.1, -0.05) is 0 Å². The minimum Gasteiger partial charge on any atom is -0.330 e. The molecule has 4 heteroatoms. The molecule has 1 saturated carbocycles. The second kappa shape index (κ2) is 4.07. The summed E-state index contributed by atoms with van der Waals surface area (Å²) in [5.41, 5.74) is 5.52. The first kappa shape index (κ1) is 9.62. The maximum atomic E-state index is 11.5. The number of likely N-dealkylation sites (tertiary alicyclic amines) is 1. The first-order chi connectivity index (χ1) is 6.29. The molecule has 1 atom stereocenters. The molecule has 76 valence electrons. The van der Waals surface area contributed by atoms with Gasteiger partial charge >= 0.3 is 0 Å². The molecular formula is C9H18N2OS. The van der Waals surface area contributed by atoms with Crippen molar-refractivity contribution in [3.8, 4) is 0 Å². The zero-order valence-electron chi connectivity index (χ0n) is 7.95. The molecule has 2 fully saturated rings. The van der Waals surface area contributed by atoms with Gasteiger partial charge in [-0.15, -0.1) is 0 Å². The lowest BCUT2D eigenvalue weighted by Crippen LogP contribution is -2.50. The van der Waals surface area contributed by atoms with E-state index in [9.17, 15) is 4.21 Å². The van der Waals surface area contributed by atoms with Crippen molar-refractivity contribution in [1.82, 2.24) is 4.90 Å². The van der Waals surface area contributed by atoms with Crippen LogP contribution in [-0.4, -0.2) is 46.3 Å². The Labute approximate surface area is 82.1 Å². The predicted octanol–water partition coefficient (Wildman–Crippen LogP) is -0.212. The molecule has 1 heterocycles. The molecule has 13 heavy (non-hydrogen) atoms. The standard InChI is InChI=1S/C9H18N2OS/c10-5-8-6-11(7-8)3-4-13(12)9-1-2-9/h8-9H,1-7,10H2. The summed E-state index contributed by atoms with van der Waals surface area (Å²) in [4.78, 5) is 2.36. The molecule has 0 amide bonds. The van der Waals surface area contributed by atoms with Crippen LogP contribution in [0.3, 0.4) is 0 Å². The van der Waals surface area contributed by atoms with Crippen molar-refractivity contribution in [2.24, 2.45) is 11.7 Å². The summed E-state index contributed by atoms with van der Waals surface area (Å²) in [7, 11) is -0.535. The van der Waals surface area contributed by atoms with Gasteiger partial charge in [0.05, 0.1) is 0 Å². The molecule has 0 bridgehead atoms. The molecule has 1 aliphatic carbocycles. The van der Waals surface area contributed by atoms with E-state index in [0.717, 1.165) is 31.9 Å². The van der Waals surface area contributed by atoms with Gasteiger partial charge in [-0.2, -0.15) is 0 Å². The van der Waals surface area contributed by atoms with Crippen LogP contribution in [0.2, 0.25) is 0 Å². The molecule has 3 nitrogen and oxygen atoms in total. The first-order valence-electron chi connectivity index (χ1n) is 5.09. The summed E-state index contributed by atoms with van der Waals surface area (Å²) < 4.78 is 11.5. The monoisotopic (exact) mass is 202 g/mol. The smallest absolute Gasteiger partial charge is 0.0365 e. The number of nitrogens with zero attached hydrogens (tertiary/aromatic N) is 1. The highest BCUT2D eigenvalue weighted by atomic mass is 32.2. The van der Waals surface area contributed by atoms with Gasteiger partial charge in [0.25, 0.3) is 0 Å². The molecule has 0 aromatic rings. The summed E-state index contributed by atoms with van der Waals surface area (Å²) >= 11 is 0. The maximum absolute atomic E-state index is 11.5. The topological polar surface area (TPSA) is 46.3 Å². The summed E-state index contributed by atoms with van der Waals surface area (Å²) in [5, 5.41) is 0.548. The van der Waals surface area contributed by atoms with E-state index in [1.165, 1.54) is 12.8 Å². The van der Waals surface area contributed by atoms with Gasteiger partial charge in [0.2, 0.25) is 0 Å². The van der Waals surface area contributed by atoms with Crippen molar-refractivity contribution in [1.29, 1.82) is 0 Å². The summed E-state index contributed by atoms with van der Waals surface area (Å²) in [6.45, 7) is 4.07. The van der Waals surface area contributed by atoms with E-state index in [4.69, 9.17) is 5.73 Å². The molecule has 2 N–H and O–H groups in total. The van der Waals surface area contributed by atoms with Crippen LogP contribution in [0.25, 0.3) is 0 Å². The van der Waals surface area contributed by atoms with Crippen LogP contribution >= 0.6 is 0 Å². The Balaban J connectivity index is 1.56. The molecule has 1 saturated heterocycles. The molecular weight excluding hydrogens is 184 g/mol. The van der Waals surface area contributed by atoms with Gasteiger partial charge < -0.3 is 10.6 Å². The van der Waals surface area contributed by atoms with E-state index in [2.05, 4.69) is 4.90 Å². The third-order valence-corrected chi connectivity index (χ3v) is 4.67. The lowest BCUT2D eigenvalue weighted by molar-refractivity contribution is 0.114. The zero-order valence-corrected chi connectivity index (χ0v) is 8.76. The molecule has 0 radical (unpaired) electrons. The van der Waals surface area contributed by atoms with E-state index < -0.39 is 10.8 Å². The van der Waals surface area contributed by atoms with Gasteiger partial charge in [0, 0.05) is 41.4 Å². The minimum absolute atomic E-state index is 0.535. The largest absolute Gasteiger partial charge is 0.330 e. The number of rotatable bonds is 5. The SMILES string of the molecule is NCC1CN(CCS(=O)C2CC2)C1. The molecule has 2 aliphatic rings. The van der Waals surface area contributed by atoms with Crippen LogP contribution in [0.5, 0.6) is 0 Å². The molecule has 1 unspecified atom stereocenters. The Hall–Kier alpha value is 0.0700. The van der Waals surface area contributed by atoms with Crippen LogP contribution in [0.15, 0.2) is 0 Å². The Kier molecular flexibility index (Phi) is 3.01. The van der Waals surface area contributed by atoms with Gasteiger partial charge in [0.1, 0.15) is 0 Å². The Morgan fingerprint density at radius 2 is 2.08 bits per heavy atom. The molecule has 0 spiro atoms. The van der Waals surface area contributed by atoms with Crippen LogP contribution in [0.4, 0.5) is 0 Å². The van der Waals surface area contributed by atoms with Crippen molar-refractivity contribution >= 4 is 10.8 Å². The Morgan fingerprint density at radius 3 is 2.62 bits per heavy atom. The quantitative estimate of drug-likeness (QED) is 0.671. The third-order valence-electron chi connectivity index (χ3n) is 2.87. The predicted molar refractivity (Wildman–Crippen MR) is 55.0 cm³/mol. The van der Waals surface area contributed by atoms with Crippen molar-refractivity contribution in [2.45, 2.75) is 18.1 Å². The van der Waals surface area contributed by atoms with E-state index in [1.54, 1.807) is 0 Å². The first-order valence-corrected chi connectivity index (χ1v) is 6.47. The van der Waals surface area contributed by atoms with Gasteiger partial charge in [-0.3, -0.25) is 4.21 Å². The van der Waals surface area contributed by atoms with E-state index >= 15 is 0 Å². The van der Waals surface area contributed by atoms with Crippen molar-refractivity contribution in [3.05, 3.63) is 0 Å². The molecule has 0 aromatic carbocycles. The van der Waals surface area contributed by atoms with Gasteiger partial charge in [0.15, 0.2) is 0 Å². The summed E-state index contributed by atoms with van der Waals surface area (Å²) in [6.07, 6.45) is 2.38. The highest BCUT2D eigenvalue weighted by Gasteiger charge is 2.30. The van der Waals surface area contributed by atoms with Crippen LogP contribution < -0.4 is 5.73 Å². The fourth-order valence-corrected chi connectivity index (χ4v) is 3.16. The molecule has 0 aromatic heterocycles. The summed E-state index contributed by atoms with van der Waals surface area (Å²) in [5.74, 6) is 1.58. The summed E-state index contributed by atoms with van der Waals surface area (Å²) in [6, 6.07) is 0. The highest BCUT2D eigenvalue weighted by Crippen LogP contribution is 2.26. The van der Waals surface area contributed by atoms with Crippen LogP contribution in [-0.2, 0) is 10.8 Å². The zero-order chi connectivity index (χ0) is 9.26. The second-order valence-electron chi connectivity index (χ2n) is 4.15. The van der Waals surface area contributed by atoms with Gasteiger partial charge in [-0.25, -0.2) is 0 Å². The lowest BCUT2D eigenvalue weighted by Gasteiger charge is -2.38. The number of nitrogens with two attached hydrogens (primary N) is 1. The maximum Gasteiger partial charge on any atom is 0.0365 e. The van der Waals surface area contributed by atoms with Crippen LogP contribution in [0.1, 0.15) is 12.8 Å². The van der Waals surface area contributed by atoms with E-state index in [-0.39, 0.29) is 0 Å². The van der Waals surface area contributed by atoms with E-state index in [1.807, 2.05) is 0 Å². The van der Waals surface area contributed by atoms with Crippen molar-refractivity contribution < 1.29 is 4.21 Å². The third kappa shape index (κ3) is 2.51. The lowest BCUT2D eigenvalue weighted by atomic mass is 10.0. The molecule has 2 rings (SSSR count). The Bertz CT molecular complexity index is 200. The fraction of sp³-hybridized carbons (Fsp3) is 1.00. The van der Waals surface area contributed by atoms with Crippen LogP contribution in [0, 0.1) is 5.92 Å². The average molecular weight is 202 g/mol. The number of hydrogen-bond acceptors (Lipinski definition) is 3. The normalized spacial score (nSPS) is 27.2.